The zero-order valence-corrected chi connectivity index (χ0v) is 18.6. The van der Waals surface area contributed by atoms with E-state index in [0.717, 1.165) is 18.1 Å². The summed E-state index contributed by atoms with van der Waals surface area (Å²) in [7, 11) is 1.13. The number of fused-ring (bicyclic) bond motifs is 2. The van der Waals surface area contributed by atoms with E-state index in [0.29, 0.717) is 22.0 Å². The number of H-pyrrole nitrogens is 1. The summed E-state index contributed by atoms with van der Waals surface area (Å²) in [4.78, 5) is 45.3. The maximum Gasteiger partial charge on any atom is 0.406 e. The molecule has 1 unspecified atom stereocenters. The van der Waals surface area contributed by atoms with Gasteiger partial charge in [-0.25, -0.2) is 4.98 Å². The molecule has 0 bridgehead atoms. The summed E-state index contributed by atoms with van der Waals surface area (Å²) >= 11 is 0. The lowest BCUT2D eigenvalue weighted by atomic mass is 10.1. The fourth-order valence-corrected chi connectivity index (χ4v) is 3.85. The van der Waals surface area contributed by atoms with Crippen molar-refractivity contribution in [2.24, 2.45) is 0 Å². The normalized spacial score (nSPS) is 15.8. The summed E-state index contributed by atoms with van der Waals surface area (Å²) in [6, 6.07) is 10.6. The second-order valence-corrected chi connectivity index (χ2v) is 8.04. The van der Waals surface area contributed by atoms with Gasteiger partial charge in [0.05, 0.1) is 31.1 Å². The highest BCUT2D eigenvalue weighted by Gasteiger charge is 2.38. The minimum absolute atomic E-state index is 0.114. The molecular formula is C23H22F3N5O4. The van der Waals surface area contributed by atoms with Gasteiger partial charge in [-0.15, -0.1) is 0 Å². The topological polar surface area (TPSA) is 116 Å². The van der Waals surface area contributed by atoms with E-state index in [4.69, 9.17) is 0 Å². The second-order valence-electron chi connectivity index (χ2n) is 8.04. The number of aromatic nitrogens is 2. The zero-order chi connectivity index (χ0) is 25.2. The van der Waals surface area contributed by atoms with Gasteiger partial charge >= 0.3 is 12.1 Å². The molecule has 1 aliphatic heterocycles. The number of methoxy groups -OCH3 is 1. The molecule has 2 aromatic carbocycles. The van der Waals surface area contributed by atoms with Crippen molar-refractivity contribution in [3.63, 3.8) is 0 Å². The van der Waals surface area contributed by atoms with Gasteiger partial charge in [-0.3, -0.25) is 14.4 Å². The number of esters is 1. The number of hydrogen-bond acceptors (Lipinski definition) is 6. The first-order valence-electron chi connectivity index (χ1n) is 10.7. The van der Waals surface area contributed by atoms with Crippen LogP contribution >= 0.6 is 0 Å². The highest BCUT2D eigenvalue weighted by molar-refractivity contribution is 5.96. The number of nitrogens with one attached hydrogen (secondary N) is 3. The van der Waals surface area contributed by atoms with E-state index in [-0.39, 0.29) is 18.7 Å². The molecule has 1 aromatic heterocycles. The molecule has 0 radical (unpaired) electrons. The Morgan fingerprint density at radius 1 is 1.23 bits per heavy atom. The average molecular weight is 489 g/mol. The molecule has 0 fully saturated rings. The van der Waals surface area contributed by atoms with Crippen LogP contribution in [0.25, 0.3) is 11.0 Å². The van der Waals surface area contributed by atoms with Gasteiger partial charge in [0, 0.05) is 17.8 Å². The number of ether oxygens (including phenoxy) is 1. The van der Waals surface area contributed by atoms with Crippen LogP contribution in [0.3, 0.4) is 0 Å². The van der Waals surface area contributed by atoms with Crippen molar-refractivity contribution in [2.75, 3.05) is 19.0 Å². The van der Waals surface area contributed by atoms with Gasteiger partial charge in [-0.05, 0) is 35.9 Å². The maximum absolute atomic E-state index is 13.1. The summed E-state index contributed by atoms with van der Waals surface area (Å²) < 4.78 is 44.0. The van der Waals surface area contributed by atoms with Gasteiger partial charge in [-0.2, -0.15) is 13.2 Å². The largest absolute Gasteiger partial charge is 0.469 e. The lowest BCUT2D eigenvalue weighted by Gasteiger charge is -2.25. The van der Waals surface area contributed by atoms with Crippen LogP contribution in [-0.2, 0) is 27.4 Å². The molecule has 9 nitrogen and oxygen atoms in total. The molecule has 35 heavy (non-hydrogen) atoms. The van der Waals surface area contributed by atoms with Crippen molar-refractivity contribution in [2.45, 2.75) is 31.7 Å². The Kier molecular flexibility index (Phi) is 6.63. The molecule has 184 valence electrons. The Balaban J connectivity index is 1.54. The van der Waals surface area contributed by atoms with E-state index < -0.39 is 43.0 Å². The minimum Gasteiger partial charge on any atom is -0.469 e. The standard InChI is InChI=1S/C23H22F3N5O4/c1-35-20(32)9-18-22(34)31(12-23(24,25)26)11-14-8-13(6-7-15(14)28-18)21(33)27-10-19-29-16-4-2-3-5-17(16)30-19/h2-8,18,28H,9-12H2,1H3,(H,27,33)(H,29,30). The van der Waals surface area contributed by atoms with Crippen LogP contribution in [0, 0.1) is 0 Å². The van der Waals surface area contributed by atoms with E-state index in [2.05, 4.69) is 25.3 Å². The van der Waals surface area contributed by atoms with Crippen LogP contribution < -0.4 is 10.6 Å². The molecule has 0 aliphatic carbocycles. The van der Waals surface area contributed by atoms with Crippen LogP contribution in [0.1, 0.15) is 28.2 Å². The van der Waals surface area contributed by atoms with E-state index in [9.17, 15) is 27.6 Å². The maximum atomic E-state index is 13.1. The molecule has 0 spiro atoms. The van der Waals surface area contributed by atoms with Crippen molar-refractivity contribution < 1.29 is 32.3 Å². The van der Waals surface area contributed by atoms with Crippen LogP contribution in [0.2, 0.25) is 0 Å². The summed E-state index contributed by atoms with van der Waals surface area (Å²) in [5.41, 5.74) is 2.44. The van der Waals surface area contributed by atoms with Crippen LogP contribution in [0.4, 0.5) is 18.9 Å². The molecule has 3 N–H and O–H groups in total. The van der Waals surface area contributed by atoms with Gasteiger partial charge in [0.2, 0.25) is 5.91 Å². The van der Waals surface area contributed by atoms with Crippen molar-refractivity contribution in [1.82, 2.24) is 20.2 Å². The number of carbonyl (C=O) groups excluding carboxylic acids is 3. The summed E-state index contributed by atoms with van der Waals surface area (Å²) in [6.07, 6.45) is -5.08. The third kappa shape index (κ3) is 5.70. The van der Waals surface area contributed by atoms with Crippen LogP contribution in [-0.4, -0.2) is 58.5 Å². The number of aromatic amines is 1. The predicted octanol–water partition coefficient (Wildman–Crippen LogP) is 2.74. The van der Waals surface area contributed by atoms with Crippen LogP contribution in [0.5, 0.6) is 0 Å². The van der Waals surface area contributed by atoms with Crippen molar-refractivity contribution >= 4 is 34.5 Å². The third-order valence-corrected chi connectivity index (χ3v) is 5.49. The molecule has 12 heteroatoms. The summed E-state index contributed by atoms with van der Waals surface area (Å²) in [5, 5.41) is 5.55. The quantitative estimate of drug-likeness (QED) is 0.459. The molecule has 1 atom stereocenters. The van der Waals surface area contributed by atoms with Crippen LogP contribution in [0.15, 0.2) is 42.5 Å². The summed E-state index contributed by atoms with van der Waals surface area (Å²) in [5.74, 6) is -1.55. The molecule has 2 amide bonds. The molecule has 2 heterocycles. The Labute approximate surface area is 197 Å². The smallest absolute Gasteiger partial charge is 0.406 e. The van der Waals surface area contributed by atoms with Crippen molar-refractivity contribution in [3.8, 4) is 0 Å². The summed E-state index contributed by atoms with van der Waals surface area (Å²) in [6.45, 7) is -1.76. The molecule has 3 aromatic rings. The Morgan fingerprint density at radius 2 is 2.00 bits per heavy atom. The minimum atomic E-state index is -4.64. The van der Waals surface area contributed by atoms with Gasteiger partial charge in [0.25, 0.3) is 5.91 Å². The van der Waals surface area contributed by atoms with E-state index in [1.165, 1.54) is 18.2 Å². The Bertz CT molecular complexity index is 1240. The fourth-order valence-electron chi connectivity index (χ4n) is 3.85. The number of alkyl halides is 3. The molecule has 0 saturated carbocycles. The number of amides is 2. The first-order chi connectivity index (χ1) is 16.6. The SMILES string of the molecule is COC(=O)CC1Nc2ccc(C(=O)NCc3nc4ccccc4[nH]3)cc2CN(CC(F)(F)F)C1=O. The van der Waals surface area contributed by atoms with E-state index in [1.807, 2.05) is 24.3 Å². The molecule has 0 saturated heterocycles. The lowest BCUT2D eigenvalue weighted by molar-refractivity contribution is -0.163. The zero-order valence-electron chi connectivity index (χ0n) is 18.6. The molecular weight excluding hydrogens is 467 g/mol. The highest BCUT2D eigenvalue weighted by atomic mass is 19.4. The number of benzene rings is 2. The Hall–Kier alpha value is -4.09. The van der Waals surface area contributed by atoms with Crippen molar-refractivity contribution in [3.05, 3.63) is 59.4 Å². The van der Waals surface area contributed by atoms with E-state index in [1.54, 1.807) is 0 Å². The first-order valence-corrected chi connectivity index (χ1v) is 10.7. The van der Waals surface area contributed by atoms with Gasteiger partial charge in [0.1, 0.15) is 18.4 Å². The predicted molar refractivity (Wildman–Crippen MR) is 119 cm³/mol. The number of nitrogens with zero attached hydrogens (tertiary/aromatic N) is 2. The number of hydrogen-bond donors (Lipinski definition) is 3. The van der Waals surface area contributed by atoms with E-state index >= 15 is 0 Å². The number of carbonyl (C=O) groups is 3. The second kappa shape index (κ2) is 9.65. The number of rotatable bonds is 6. The fraction of sp³-hybridized carbons (Fsp3) is 0.304. The van der Waals surface area contributed by atoms with Crippen molar-refractivity contribution in [1.29, 1.82) is 0 Å². The average Bonchev–Trinajstić information content (AvgIpc) is 3.19. The molecule has 1 aliphatic rings. The van der Waals surface area contributed by atoms with Gasteiger partial charge < -0.3 is 25.3 Å². The lowest BCUT2D eigenvalue weighted by Crippen LogP contribution is -2.45. The highest BCUT2D eigenvalue weighted by Crippen LogP contribution is 2.28. The number of anilines is 1. The number of halogens is 3. The Morgan fingerprint density at radius 3 is 2.71 bits per heavy atom. The number of imidazole rings is 1. The third-order valence-electron chi connectivity index (χ3n) is 5.49. The number of para-hydroxylation sites is 2. The monoisotopic (exact) mass is 489 g/mol. The van der Waals surface area contributed by atoms with Gasteiger partial charge in [-0.1, -0.05) is 12.1 Å². The molecule has 4 rings (SSSR count). The first kappa shape index (κ1) is 24.0. The van der Waals surface area contributed by atoms with Gasteiger partial charge in [0.15, 0.2) is 0 Å².